The largest absolute Gasteiger partial charge is 0.464 e. The van der Waals surface area contributed by atoms with Crippen molar-refractivity contribution in [1.29, 1.82) is 0 Å². The number of aromatic nitrogens is 2. The van der Waals surface area contributed by atoms with Crippen LogP contribution in [0.15, 0.2) is 29.1 Å². The van der Waals surface area contributed by atoms with Crippen LogP contribution < -0.4 is 11.3 Å². The van der Waals surface area contributed by atoms with Crippen molar-refractivity contribution in [2.24, 2.45) is 5.73 Å². The number of nitrogens with zero attached hydrogens (tertiary/aromatic N) is 2. The second-order valence-corrected chi connectivity index (χ2v) is 8.79. The van der Waals surface area contributed by atoms with Crippen LogP contribution in [0.1, 0.15) is 47.4 Å². The molecule has 158 valence electrons. The fraction of sp³-hybridized carbons (Fsp3) is 0.333. The summed E-state index contributed by atoms with van der Waals surface area (Å²) < 4.78 is 6.55. The van der Waals surface area contributed by atoms with Crippen LogP contribution in [0.5, 0.6) is 0 Å². The topological polar surface area (TPSA) is 104 Å². The predicted molar refractivity (Wildman–Crippen MR) is 117 cm³/mol. The Labute approximate surface area is 182 Å². The summed E-state index contributed by atoms with van der Waals surface area (Å²) in [5.74, 6) is -0.809. The van der Waals surface area contributed by atoms with Gasteiger partial charge in [0.15, 0.2) is 0 Å². The van der Waals surface area contributed by atoms with Crippen LogP contribution in [0, 0.1) is 6.92 Å². The number of carbonyl (C=O) groups excluding carboxylic acids is 2. The van der Waals surface area contributed by atoms with Crippen molar-refractivity contribution in [3.8, 4) is 0 Å². The van der Waals surface area contributed by atoms with Crippen molar-refractivity contribution in [2.75, 3.05) is 6.61 Å². The Hall–Kier alpha value is -2.71. The van der Waals surface area contributed by atoms with Gasteiger partial charge in [0, 0.05) is 11.4 Å². The normalized spacial score (nSPS) is 11.6. The lowest BCUT2D eigenvalue weighted by atomic mass is 10.0. The maximum absolute atomic E-state index is 13.6. The summed E-state index contributed by atoms with van der Waals surface area (Å²) in [4.78, 5) is 43.4. The highest BCUT2D eigenvalue weighted by Crippen LogP contribution is 2.29. The first-order valence-electron chi connectivity index (χ1n) is 9.34. The monoisotopic (exact) mass is 447 g/mol. The van der Waals surface area contributed by atoms with Gasteiger partial charge in [-0.1, -0.05) is 23.7 Å². The third-order valence-electron chi connectivity index (χ3n) is 4.84. The third-order valence-corrected chi connectivity index (χ3v) is 6.28. The molecule has 1 aromatic carbocycles. The van der Waals surface area contributed by atoms with Crippen molar-refractivity contribution in [3.05, 3.63) is 61.5 Å². The number of esters is 1. The molecule has 3 rings (SSSR count). The zero-order valence-corrected chi connectivity index (χ0v) is 18.7. The fourth-order valence-corrected chi connectivity index (χ4v) is 4.64. The molecule has 0 atom stereocenters. The summed E-state index contributed by atoms with van der Waals surface area (Å²) in [6, 6.07) is 7.18. The molecule has 7 nitrogen and oxygen atoms in total. The first-order chi connectivity index (χ1) is 14.1. The highest BCUT2D eigenvalue weighted by molar-refractivity contribution is 7.20. The Bertz CT molecular complexity index is 1210. The molecule has 0 unspecified atom stereocenters. The van der Waals surface area contributed by atoms with E-state index in [2.05, 4.69) is 4.98 Å². The van der Waals surface area contributed by atoms with Gasteiger partial charge >= 0.3 is 5.97 Å². The number of hydrogen-bond acceptors (Lipinski definition) is 6. The molecule has 2 N–H and O–H groups in total. The van der Waals surface area contributed by atoms with Crippen molar-refractivity contribution >= 4 is 45.0 Å². The maximum Gasteiger partial charge on any atom is 0.331 e. The Balaban J connectivity index is 2.33. The van der Waals surface area contributed by atoms with Crippen LogP contribution in [0.4, 0.5) is 0 Å². The molecule has 0 aliphatic carbocycles. The zero-order chi connectivity index (χ0) is 22.2. The van der Waals surface area contributed by atoms with E-state index >= 15 is 0 Å². The van der Waals surface area contributed by atoms with Crippen LogP contribution in [0.3, 0.4) is 0 Å². The smallest absolute Gasteiger partial charge is 0.331 e. The maximum atomic E-state index is 13.6. The highest BCUT2D eigenvalue weighted by Gasteiger charge is 2.36. The van der Waals surface area contributed by atoms with Gasteiger partial charge in [-0.25, -0.2) is 9.78 Å². The first-order valence-corrected chi connectivity index (χ1v) is 10.5. The molecule has 2 heterocycles. The molecule has 0 radical (unpaired) electrons. The average Bonchev–Trinajstić information content (AvgIpc) is 2.98. The van der Waals surface area contributed by atoms with Gasteiger partial charge in [0.05, 0.1) is 16.9 Å². The number of primary amides is 1. The second kappa shape index (κ2) is 8.20. The summed E-state index contributed by atoms with van der Waals surface area (Å²) in [6.45, 7) is 6.75. The van der Waals surface area contributed by atoms with E-state index in [-0.39, 0.29) is 23.3 Å². The molecule has 0 aliphatic rings. The van der Waals surface area contributed by atoms with Gasteiger partial charge in [0.25, 0.3) is 11.5 Å². The number of halogens is 1. The second-order valence-electron chi connectivity index (χ2n) is 7.36. The molecule has 0 fully saturated rings. The van der Waals surface area contributed by atoms with Gasteiger partial charge in [-0.05, 0) is 51.0 Å². The summed E-state index contributed by atoms with van der Waals surface area (Å²) in [6.07, 6.45) is 0.261. The molecule has 9 heteroatoms. The van der Waals surface area contributed by atoms with E-state index in [1.54, 1.807) is 45.9 Å². The van der Waals surface area contributed by atoms with E-state index in [9.17, 15) is 14.4 Å². The minimum Gasteiger partial charge on any atom is -0.464 e. The minimum atomic E-state index is -1.32. The zero-order valence-electron chi connectivity index (χ0n) is 17.1. The van der Waals surface area contributed by atoms with Crippen molar-refractivity contribution in [1.82, 2.24) is 9.55 Å². The lowest BCUT2D eigenvalue weighted by Crippen LogP contribution is -2.46. The van der Waals surface area contributed by atoms with Crippen LogP contribution >= 0.6 is 22.9 Å². The fourth-order valence-electron chi connectivity index (χ4n) is 3.38. The van der Waals surface area contributed by atoms with E-state index in [0.29, 0.717) is 21.2 Å². The molecule has 0 spiro atoms. The van der Waals surface area contributed by atoms with E-state index in [1.165, 1.54) is 4.57 Å². The Morgan fingerprint density at radius 1 is 1.33 bits per heavy atom. The van der Waals surface area contributed by atoms with E-state index in [1.807, 2.05) is 6.07 Å². The molecule has 0 saturated heterocycles. The SMILES string of the molecule is CCOC(=O)C(C)(C)n1c(Cc2cccc(Cl)c2)nc2sc(C(N)=O)c(C)c2c1=O. The average molecular weight is 448 g/mol. The van der Waals surface area contributed by atoms with Gasteiger partial charge in [-0.2, -0.15) is 0 Å². The van der Waals surface area contributed by atoms with Crippen LogP contribution in [0.2, 0.25) is 5.02 Å². The molecular weight excluding hydrogens is 426 g/mol. The number of benzene rings is 1. The van der Waals surface area contributed by atoms with Gasteiger partial charge < -0.3 is 10.5 Å². The van der Waals surface area contributed by atoms with E-state index in [4.69, 9.17) is 22.1 Å². The number of nitrogens with two attached hydrogens (primary N) is 1. The van der Waals surface area contributed by atoms with E-state index < -0.39 is 23.0 Å². The lowest BCUT2D eigenvalue weighted by Gasteiger charge is -2.27. The summed E-state index contributed by atoms with van der Waals surface area (Å²) in [7, 11) is 0. The highest BCUT2D eigenvalue weighted by atomic mass is 35.5. The van der Waals surface area contributed by atoms with Crippen LogP contribution in [-0.2, 0) is 21.5 Å². The van der Waals surface area contributed by atoms with Crippen molar-refractivity contribution in [2.45, 2.75) is 39.7 Å². The number of ether oxygens (including phenoxy) is 1. The lowest BCUT2D eigenvalue weighted by molar-refractivity contribution is -0.152. The minimum absolute atomic E-state index is 0.180. The Morgan fingerprint density at radius 3 is 2.63 bits per heavy atom. The van der Waals surface area contributed by atoms with Crippen LogP contribution in [0.25, 0.3) is 10.2 Å². The molecular formula is C21H22ClN3O4S. The number of carbonyl (C=O) groups is 2. The number of hydrogen-bond donors (Lipinski definition) is 1. The van der Waals surface area contributed by atoms with Gasteiger partial charge in [0.2, 0.25) is 0 Å². The molecule has 0 bridgehead atoms. The van der Waals surface area contributed by atoms with Gasteiger partial charge in [-0.3, -0.25) is 14.2 Å². The number of thiophene rings is 1. The Kier molecular flexibility index (Phi) is 6.01. The summed E-state index contributed by atoms with van der Waals surface area (Å²) >= 11 is 7.18. The quantitative estimate of drug-likeness (QED) is 0.583. The van der Waals surface area contributed by atoms with Crippen molar-refractivity contribution in [3.63, 3.8) is 0 Å². The van der Waals surface area contributed by atoms with Gasteiger partial charge in [0.1, 0.15) is 16.2 Å². The Morgan fingerprint density at radius 2 is 2.03 bits per heavy atom. The standard InChI is InChI=1S/C21H22ClN3O4S/c1-5-29-20(28)21(3,4)25-14(10-12-7-6-8-13(22)9-12)24-18-15(19(25)27)11(2)16(30-18)17(23)26/h6-9H,5,10H2,1-4H3,(H2,23,26). The van der Waals surface area contributed by atoms with Gasteiger partial charge in [-0.15, -0.1) is 11.3 Å². The van der Waals surface area contributed by atoms with E-state index in [0.717, 1.165) is 16.9 Å². The molecule has 0 aliphatic heterocycles. The number of aryl methyl sites for hydroxylation is 1. The molecule has 0 saturated carbocycles. The summed E-state index contributed by atoms with van der Waals surface area (Å²) in [5.41, 5.74) is 5.01. The molecule has 30 heavy (non-hydrogen) atoms. The first kappa shape index (κ1) is 22.0. The van der Waals surface area contributed by atoms with Crippen molar-refractivity contribution < 1.29 is 14.3 Å². The number of amides is 1. The predicted octanol–water partition coefficient (Wildman–Crippen LogP) is 3.41. The molecule has 3 aromatic rings. The number of fused-ring (bicyclic) bond motifs is 1. The number of rotatable bonds is 6. The van der Waals surface area contributed by atoms with Crippen LogP contribution in [-0.4, -0.2) is 28.0 Å². The molecule has 1 amide bonds. The molecule has 2 aromatic heterocycles. The summed E-state index contributed by atoms with van der Waals surface area (Å²) in [5, 5.41) is 0.830. The third kappa shape index (κ3) is 3.85.